The van der Waals surface area contributed by atoms with Gasteiger partial charge in [0.25, 0.3) is 0 Å². The van der Waals surface area contributed by atoms with Gasteiger partial charge in [-0.3, -0.25) is 4.79 Å². The maximum atomic E-state index is 11.7. The zero-order valence-corrected chi connectivity index (χ0v) is 9.33. The van der Waals surface area contributed by atoms with E-state index in [4.69, 9.17) is 34.8 Å². The number of hydrogen-bond acceptors (Lipinski definition) is 2. The minimum absolute atomic E-state index is 0.0239. The van der Waals surface area contributed by atoms with E-state index in [1.54, 1.807) is 0 Å². The van der Waals surface area contributed by atoms with Gasteiger partial charge in [-0.25, -0.2) is 4.98 Å². The first-order valence-corrected chi connectivity index (χ1v) is 5.28. The van der Waals surface area contributed by atoms with E-state index in [2.05, 4.69) is 4.98 Å². The number of aromatic nitrogens is 1. The summed E-state index contributed by atoms with van der Waals surface area (Å²) >= 11 is 17.3. The van der Waals surface area contributed by atoms with E-state index in [1.807, 2.05) is 0 Å². The average Bonchev–Trinajstić information content (AvgIpc) is 2.83. The Morgan fingerprint density at radius 1 is 1.36 bits per heavy atom. The third kappa shape index (κ3) is 1.88. The van der Waals surface area contributed by atoms with Gasteiger partial charge in [0.05, 0.1) is 10.6 Å². The van der Waals surface area contributed by atoms with Crippen LogP contribution >= 0.6 is 34.8 Å². The molecule has 1 aliphatic rings. The largest absolute Gasteiger partial charge is 0.294 e. The fourth-order valence-electron chi connectivity index (χ4n) is 1.23. The number of halogens is 3. The first kappa shape index (κ1) is 10.2. The number of Topliss-reactive ketones (excluding diaryl/α,β-unsaturated/α-hetero) is 1. The first-order chi connectivity index (χ1) is 6.59. The fourth-order valence-corrected chi connectivity index (χ4v) is 2.14. The molecule has 74 valence electrons. The molecule has 1 aliphatic carbocycles. The van der Waals surface area contributed by atoms with E-state index in [0.29, 0.717) is 5.56 Å². The smallest absolute Gasteiger partial charge is 0.170 e. The van der Waals surface area contributed by atoms with Gasteiger partial charge in [0.15, 0.2) is 5.78 Å². The Bertz CT molecular complexity index is 378. The van der Waals surface area contributed by atoms with Crippen molar-refractivity contribution in [1.29, 1.82) is 0 Å². The predicted molar refractivity (Wildman–Crippen MR) is 56.3 cm³/mol. The molecule has 0 aliphatic heterocycles. The lowest BCUT2D eigenvalue weighted by atomic mass is 10.1. The van der Waals surface area contributed by atoms with Crippen LogP contribution in [0.15, 0.2) is 6.07 Å². The Balaban J connectivity index is 2.45. The van der Waals surface area contributed by atoms with E-state index in [1.165, 1.54) is 6.07 Å². The van der Waals surface area contributed by atoms with E-state index >= 15 is 0 Å². The van der Waals surface area contributed by atoms with Crippen LogP contribution in [-0.4, -0.2) is 10.8 Å². The number of hydrogen-bond donors (Lipinski definition) is 0. The molecule has 0 radical (unpaired) electrons. The fraction of sp³-hybridized carbons (Fsp3) is 0.333. The summed E-state index contributed by atoms with van der Waals surface area (Å²) < 4.78 is 0. The van der Waals surface area contributed by atoms with Crippen LogP contribution < -0.4 is 0 Å². The van der Waals surface area contributed by atoms with Crippen LogP contribution in [0.3, 0.4) is 0 Å². The van der Waals surface area contributed by atoms with Gasteiger partial charge in [-0.05, 0) is 18.9 Å². The molecule has 14 heavy (non-hydrogen) atoms. The van der Waals surface area contributed by atoms with Crippen molar-refractivity contribution < 1.29 is 4.79 Å². The molecule has 0 saturated heterocycles. The molecule has 2 nitrogen and oxygen atoms in total. The molecule has 0 unspecified atom stereocenters. The highest BCUT2D eigenvalue weighted by Crippen LogP contribution is 2.37. The van der Waals surface area contributed by atoms with Crippen LogP contribution in [0, 0.1) is 5.92 Å². The van der Waals surface area contributed by atoms with Crippen molar-refractivity contribution in [1.82, 2.24) is 4.98 Å². The third-order valence-corrected chi connectivity index (χ3v) is 2.86. The van der Waals surface area contributed by atoms with E-state index in [-0.39, 0.29) is 27.0 Å². The maximum Gasteiger partial charge on any atom is 0.170 e. The molecular weight excluding hydrogens is 244 g/mol. The van der Waals surface area contributed by atoms with Crippen LogP contribution in [0.25, 0.3) is 0 Å². The maximum absolute atomic E-state index is 11.7. The number of pyridine rings is 1. The van der Waals surface area contributed by atoms with Crippen LogP contribution in [0.2, 0.25) is 15.3 Å². The van der Waals surface area contributed by atoms with Gasteiger partial charge < -0.3 is 0 Å². The zero-order chi connectivity index (χ0) is 10.3. The summed E-state index contributed by atoms with van der Waals surface area (Å²) in [6.45, 7) is 0. The summed E-state index contributed by atoms with van der Waals surface area (Å²) in [5, 5.41) is 0.582. The van der Waals surface area contributed by atoms with Gasteiger partial charge in [-0.2, -0.15) is 0 Å². The van der Waals surface area contributed by atoms with E-state index in [9.17, 15) is 4.79 Å². The van der Waals surface area contributed by atoms with Crippen molar-refractivity contribution in [3.05, 3.63) is 27.0 Å². The second kappa shape index (κ2) is 3.69. The SMILES string of the molecule is O=C(c1c(Cl)cc(Cl)nc1Cl)C1CC1. The highest BCUT2D eigenvalue weighted by molar-refractivity contribution is 6.41. The van der Waals surface area contributed by atoms with Gasteiger partial charge in [0.1, 0.15) is 10.3 Å². The van der Waals surface area contributed by atoms with Crippen molar-refractivity contribution >= 4 is 40.6 Å². The van der Waals surface area contributed by atoms with Crippen LogP contribution in [0.1, 0.15) is 23.2 Å². The van der Waals surface area contributed by atoms with Crippen molar-refractivity contribution in [2.75, 3.05) is 0 Å². The summed E-state index contributed by atoms with van der Waals surface area (Å²) in [5.74, 6) is 0.0529. The topological polar surface area (TPSA) is 30.0 Å². The van der Waals surface area contributed by atoms with Crippen molar-refractivity contribution in [2.45, 2.75) is 12.8 Å². The second-order valence-corrected chi connectivity index (χ2v) is 4.38. The normalized spacial score (nSPS) is 15.6. The highest BCUT2D eigenvalue weighted by atomic mass is 35.5. The number of nitrogens with zero attached hydrogens (tertiary/aromatic N) is 1. The Hall–Kier alpha value is -0.310. The molecule has 0 aromatic carbocycles. The lowest BCUT2D eigenvalue weighted by molar-refractivity contribution is 0.0967. The monoisotopic (exact) mass is 249 g/mol. The summed E-state index contributed by atoms with van der Waals surface area (Å²) in [5.41, 5.74) is 0.306. The number of ketones is 1. The molecule has 1 fully saturated rings. The number of carbonyl (C=O) groups excluding carboxylic acids is 1. The van der Waals surface area contributed by atoms with Crippen molar-refractivity contribution in [3.8, 4) is 0 Å². The lowest BCUT2D eigenvalue weighted by Gasteiger charge is -2.04. The highest BCUT2D eigenvalue weighted by Gasteiger charge is 2.33. The Morgan fingerprint density at radius 2 is 2.00 bits per heavy atom. The van der Waals surface area contributed by atoms with Gasteiger partial charge in [0.2, 0.25) is 0 Å². The first-order valence-electron chi connectivity index (χ1n) is 4.15. The Kier molecular flexibility index (Phi) is 2.69. The van der Waals surface area contributed by atoms with E-state index < -0.39 is 0 Å². The number of carbonyl (C=O) groups is 1. The Labute approximate surface area is 96.2 Å². The average molecular weight is 251 g/mol. The molecule has 0 bridgehead atoms. The molecule has 2 rings (SSSR count). The Morgan fingerprint density at radius 3 is 2.50 bits per heavy atom. The standard InChI is InChI=1S/C9H6Cl3NO/c10-5-3-6(11)13-9(12)7(5)8(14)4-1-2-4/h3-4H,1-2H2. The minimum Gasteiger partial charge on any atom is -0.294 e. The molecule has 0 N–H and O–H groups in total. The molecule has 0 spiro atoms. The summed E-state index contributed by atoms with van der Waals surface area (Å²) in [7, 11) is 0. The molecular formula is C9H6Cl3NO. The molecule has 0 amide bonds. The summed E-state index contributed by atoms with van der Waals surface area (Å²) in [6.07, 6.45) is 1.82. The third-order valence-electron chi connectivity index (χ3n) is 2.09. The molecule has 1 aromatic heterocycles. The van der Waals surface area contributed by atoms with Gasteiger partial charge >= 0.3 is 0 Å². The van der Waals surface area contributed by atoms with Gasteiger partial charge in [-0.1, -0.05) is 34.8 Å². The van der Waals surface area contributed by atoms with E-state index in [0.717, 1.165) is 12.8 Å². The van der Waals surface area contributed by atoms with Gasteiger partial charge in [0, 0.05) is 5.92 Å². The predicted octanol–water partition coefficient (Wildman–Crippen LogP) is 3.63. The van der Waals surface area contributed by atoms with Crippen LogP contribution in [0.4, 0.5) is 0 Å². The number of rotatable bonds is 2. The minimum atomic E-state index is -0.0239. The molecule has 1 saturated carbocycles. The summed E-state index contributed by atoms with van der Waals surface area (Å²) in [6, 6.07) is 1.44. The quantitative estimate of drug-likeness (QED) is 0.592. The molecule has 5 heteroatoms. The van der Waals surface area contributed by atoms with Crippen LogP contribution in [0.5, 0.6) is 0 Å². The lowest BCUT2D eigenvalue weighted by Crippen LogP contribution is -2.04. The molecule has 1 aromatic rings. The molecule has 1 heterocycles. The molecule has 0 atom stereocenters. The van der Waals surface area contributed by atoms with Crippen molar-refractivity contribution in [3.63, 3.8) is 0 Å². The van der Waals surface area contributed by atoms with Crippen LogP contribution in [-0.2, 0) is 0 Å². The zero-order valence-electron chi connectivity index (χ0n) is 7.06. The second-order valence-electron chi connectivity index (χ2n) is 3.23. The van der Waals surface area contributed by atoms with Crippen molar-refractivity contribution in [2.24, 2.45) is 5.92 Å². The van der Waals surface area contributed by atoms with Gasteiger partial charge in [-0.15, -0.1) is 0 Å². The summed E-state index contributed by atoms with van der Waals surface area (Å²) in [4.78, 5) is 15.5.